The Kier molecular flexibility index (Phi) is 3.66. The largest absolute Gasteiger partial charge is 0.433 e. The second kappa shape index (κ2) is 5.08. The van der Waals surface area contributed by atoms with Crippen molar-refractivity contribution in [3.8, 4) is 0 Å². The average Bonchev–Trinajstić information content (AvgIpc) is 2.30. The Morgan fingerprint density at radius 1 is 1.16 bits per heavy atom. The van der Waals surface area contributed by atoms with Gasteiger partial charge in [-0.25, -0.2) is 9.97 Å². The highest BCUT2D eigenvalue weighted by molar-refractivity contribution is 7.99. The number of nitrogen functional groups attached to an aromatic ring is 1. The summed E-state index contributed by atoms with van der Waals surface area (Å²) in [5.41, 5.74) is 5.24. The molecule has 2 rings (SSSR count). The van der Waals surface area contributed by atoms with E-state index in [0.29, 0.717) is 0 Å². The predicted molar refractivity (Wildman–Crippen MR) is 66.7 cm³/mol. The number of alkyl halides is 3. The molecule has 1 aromatic heterocycles. The van der Waals surface area contributed by atoms with Gasteiger partial charge < -0.3 is 5.73 Å². The Morgan fingerprint density at radius 2 is 1.84 bits per heavy atom. The molecule has 0 aliphatic heterocycles. The number of nitrogens with zero attached hydrogens (tertiary/aromatic N) is 2. The van der Waals surface area contributed by atoms with Gasteiger partial charge in [0, 0.05) is 11.0 Å². The van der Waals surface area contributed by atoms with Gasteiger partial charge in [-0.15, -0.1) is 0 Å². The summed E-state index contributed by atoms with van der Waals surface area (Å²) in [6.07, 6.45) is -4.53. The number of rotatable bonds is 2. The number of halogens is 3. The molecule has 0 fully saturated rings. The molecule has 0 radical (unpaired) electrons. The lowest BCUT2D eigenvalue weighted by Crippen LogP contribution is -2.11. The molecule has 19 heavy (non-hydrogen) atoms. The van der Waals surface area contributed by atoms with E-state index in [2.05, 4.69) is 9.97 Å². The van der Waals surface area contributed by atoms with Crippen LogP contribution in [-0.2, 0) is 6.18 Å². The Labute approximate surface area is 112 Å². The van der Waals surface area contributed by atoms with E-state index in [1.165, 1.54) is 0 Å². The molecule has 2 N–H and O–H groups in total. The first-order chi connectivity index (χ1) is 8.86. The van der Waals surface area contributed by atoms with Crippen LogP contribution >= 0.6 is 11.8 Å². The number of benzene rings is 1. The van der Waals surface area contributed by atoms with Gasteiger partial charge in [-0.2, -0.15) is 13.2 Å². The van der Waals surface area contributed by atoms with Crippen molar-refractivity contribution in [1.82, 2.24) is 9.97 Å². The summed E-state index contributed by atoms with van der Waals surface area (Å²) in [6.45, 7) is 1.87. The van der Waals surface area contributed by atoms with Gasteiger partial charge in [-0.3, -0.25) is 0 Å². The first kappa shape index (κ1) is 13.7. The summed E-state index contributed by atoms with van der Waals surface area (Å²) >= 11 is 1.13. The monoisotopic (exact) mass is 285 g/mol. The van der Waals surface area contributed by atoms with Crippen molar-refractivity contribution >= 4 is 17.7 Å². The van der Waals surface area contributed by atoms with E-state index in [4.69, 9.17) is 5.73 Å². The SMILES string of the molecule is Cc1ccccc1Sc1cc(C(F)(F)F)nc(N)n1. The minimum Gasteiger partial charge on any atom is -0.368 e. The van der Waals surface area contributed by atoms with Gasteiger partial charge in [-0.05, 0) is 18.6 Å². The van der Waals surface area contributed by atoms with Crippen molar-refractivity contribution in [2.75, 3.05) is 5.73 Å². The highest BCUT2D eigenvalue weighted by atomic mass is 32.2. The van der Waals surface area contributed by atoms with Gasteiger partial charge in [0.1, 0.15) is 5.03 Å². The van der Waals surface area contributed by atoms with Gasteiger partial charge in [0.15, 0.2) is 5.69 Å². The standard InChI is InChI=1S/C12H10F3N3S/c1-7-4-2-3-5-8(7)19-10-6-9(12(13,14)15)17-11(16)18-10/h2-6H,1H3,(H2,16,17,18). The van der Waals surface area contributed by atoms with Gasteiger partial charge in [0.25, 0.3) is 0 Å². The van der Waals surface area contributed by atoms with Crippen molar-refractivity contribution < 1.29 is 13.2 Å². The highest BCUT2D eigenvalue weighted by Crippen LogP contribution is 2.33. The molecule has 7 heteroatoms. The van der Waals surface area contributed by atoms with Crippen LogP contribution in [0, 0.1) is 6.92 Å². The van der Waals surface area contributed by atoms with Crippen LogP contribution in [0.15, 0.2) is 40.3 Å². The number of anilines is 1. The topological polar surface area (TPSA) is 51.8 Å². The summed E-state index contributed by atoms with van der Waals surface area (Å²) in [4.78, 5) is 7.84. The summed E-state index contributed by atoms with van der Waals surface area (Å²) in [6, 6.07) is 8.25. The number of aromatic nitrogens is 2. The molecule has 2 aromatic rings. The van der Waals surface area contributed by atoms with E-state index >= 15 is 0 Å². The normalized spacial score (nSPS) is 11.6. The lowest BCUT2D eigenvalue weighted by molar-refractivity contribution is -0.141. The molecule has 0 saturated heterocycles. The Morgan fingerprint density at radius 3 is 2.47 bits per heavy atom. The number of aryl methyl sites for hydroxylation is 1. The minimum atomic E-state index is -4.53. The van der Waals surface area contributed by atoms with E-state index in [9.17, 15) is 13.2 Å². The van der Waals surface area contributed by atoms with Crippen molar-refractivity contribution in [2.45, 2.75) is 23.0 Å². The molecule has 0 spiro atoms. The quantitative estimate of drug-likeness (QED) is 0.857. The third-order valence-corrected chi connectivity index (χ3v) is 3.41. The molecular formula is C12H10F3N3S. The first-order valence-corrected chi connectivity index (χ1v) is 6.13. The van der Waals surface area contributed by atoms with Crippen LogP contribution in [0.3, 0.4) is 0 Å². The zero-order valence-corrected chi connectivity index (χ0v) is 10.7. The number of hydrogen-bond acceptors (Lipinski definition) is 4. The molecule has 0 aliphatic carbocycles. The second-order valence-corrected chi connectivity index (χ2v) is 4.88. The number of nitrogens with two attached hydrogens (primary N) is 1. The van der Waals surface area contributed by atoms with Crippen LogP contribution in [-0.4, -0.2) is 9.97 Å². The van der Waals surface area contributed by atoms with Crippen molar-refractivity contribution in [2.24, 2.45) is 0 Å². The van der Waals surface area contributed by atoms with Crippen LogP contribution < -0.4 is 5.73 Å². The summed E-state index contributed by atoms with van der Waals surface area (Å²) in [5, 5.41) is 0.175. The van der Waals surface area contributed by atoms with E-state index in [1.54, 1.807) is 0 Å². The highest BCUT2D eigenvalue weighted by Gasteiger charge is 2.33. The lowest BCUT2D eigenvalue weighted by Gasteiger charge is -2.09. The fraction of sp³-hybridized carbons (Fsp3) is 0.167. The maximum atomic E-state index is 12.6. The molecule has 0 unspecified atom stereocenters. The van der Waals surface area contributed by atoms with Crippen molar-refractivity contribution in [3.05, 3.63) is 41.6 Å². The van der Waals surface area contributed by atoms with E-state index < -0.39 is 11.9 Å². The summed E-state index contributed by atoms with van der Waals surface area (Å²) < 4.78 is 37.8. The lowest BCUT2D eigenvalue weighted by atomic mass is 10.2. The van der Waals surface area contributed by atoms with E-state index in [1.807, 2.05) is 31.2 Å². The van der Waals surface area contributed by atoms with Crippen LogP contribution in [0.2, 0.25) is 0 Å². The van der Waals surface area contributed by atoms with E-state index in [0.717, 1.165) is 28.3 Å². The predicted octanol–water partition coefficient (Wildman–Crippen LogP) is 3.54. The smallest absolute Gasteiger partial charge is 0.368 e. The van der Waals surface area contributed by atoms with E-state index in [-0.39, 0.29) is 11.0 Å². The van der Waals surface area contributed by atoms with Gasteiger partial charge in [0.05, 0.1) is 0 Å². The molecule has 0 bridgehead atoms. The molecule has 1 aromatic carbocycles. The fourth-order valence-corrected chi connectivity index (χ4v) is 2.33. The molecule has 100 valence electrons. The molecule has 3 nitrogen and oxygen atoms in total. The van der Waals surface area contributed by atoms with Gasteiger partial charge in [-0.1, -0.05) is 30.0 Å². The van der Waals surface area contributed by atoms with Gasteiger partial charge in [0.2, 0.25) is 5.95 Å². The third-order valence-electron chi connectivity index (χ3n) is 2.32. The van der Waals surface area contributed by atoms with Crippen LogP contribution in [0.5, 0.6) is 0 Å². The van der Waals surface area contributed by atoms with Crippen LogP contribution in [0.25, 0.3) is 0 Å². The molecule has 0 atom stereocenters. The second-order valence-electron chi connectivity index (χ2n) is 3.81. The number of hydrogen-bond donors (Lipinski definition) is 1. The maximum absolute atomic E-state index is 12.6. The summed E-state index contributed by atoms with van der Waals surface area (Å²) in [5.74, 6) is -0.383. The van der Waals surface area contributed by atoms with Crippen molar-refractivity contribution in [3.63, 3.8) is 0 Å². The zero-order valence-electron chi connectivity index (χ0n) is 9.90. The average molecular weight is 285 g/mol. The van der Waals surface area contributed by atoms with Crippen LogP contribution in [0.1, 0.15) is 11.3 Å². The molecule has 0 amide bonds. The molecule has 0 saturated carbocycles. The summed E-state index contributed by atoms with van der Waals surface area (Å²) in [7, 11) is 0. The molecular weight excluding hydrogens is 275 g/mol. The Bertz CT molecular complexity index is 599. The zero-order chi connectivity index (χ0) is 14.0. The fourth-order valence-electron chi connectivity index (χ4n) is 1.42. The minimum absolute atomic E-state index is 0.175. The van der Waals surface area contributed by atoms with Crippen LogP contribution in [0.4, 0.5) is 19.1 Å². The van der Waals surface area contributed by atoms with Crippen molar-refractivity contribution in [1.29, 1.82) is 0 Å². The third kappa shape index (κ3) is 3.37. The Balaban J connectivity index is 2.36. The Hall–Kier alpha value is -1.76. The van der Waals surface area contributed by atoms with Gasteiger partial charge >= 0.3 is 6.18 Å². The maximum Gasteiger partial charge on any atom is 0.433 e. The molecule has 0 aliphatic rings. The first-order valence-electron chi connectivity index (χ1n) is 5.31. The molecule has 1 heterocycles.